The molecule has 0 saturated heterocycles. The summed E-state index contributed by atoms with van der Waals surface area (Å²) in [6, 6.07) is 8.08. The fourth-order valence-electron chi connectivity index (χ4n) is 1.88. The molecule has 5 nitrogen and oxygen atoms in total. The first kappa shape index (κ1) is 11.3. The van der Waals surface area contributed by atoms with Crippen LogP contribution in [0.25, 0.3) is 10.2 Å². The number of hydrogen-bond acceptors (Lipinski definition) is 5. The third-order valence-corrected chi connectivity index (χ3v) is 3.83. The van der Waals surface area contributed by atoms with Crippen LogP contribution in [0.15, 0.2) is 36.7 Å². The number of nitrogens with zero attached hydrogens (tertiary/aromatic N) is 2. The van der Waals surface area contributed by atoms with E-state index in [2.05, 4.69) is 26.4 Å². The van der Waals surface area contributed by atoms with Crippen LogP contribution in [0.3, 0.4) is 0 Å². The summed E-state index contributed by atoms with van der Waals surface area (Å²) in [5.41, 5.74) is 3.81. The van der Waals surface area contributed by atoms with Crippen LogP contribution in [0, 0.1) is 0 Å². The van der Waals surface area contributed by atoms with E-state index in [-0.39, 0.29) is 6.04 Å². The molecule has 0 aliphatic carbocycles. The molecule has 0 aliphatic rings. The molecule has 0 spiro atoms. The van der Waals surface area contributed by atoms with E-state index in [1.54, 1.807) is 23.7 Å². The zero-order valence-electron chi connectivity index (χ0n) is 9.63. The summed E-state index contributed by atoms with van der Waals surface area (Å²) in [5.74, 6) is 6.40. The monoisotopic (exact) mass is 259 g/mol. The number of aromatic amines is 1. The summed E-state index contributed by atoms with van der Waals surface area (Å²) < 4.78 is 1.20. The molecule has 1 aromatic carbocycles. The van der Waals surface area contributed by atoms with E-state index in [1.807, 2.05) is 18.2 Å². The highest BCUT2D eigenvalue weighted by molar-refractivity contribution is 7.18. The molecule has 18 heavy (non-hydrogen) atoms. The number of imidazole rings is 1. The summed E-state index contributed by atoms with van der Waals surface area (Å²) in [7, 11) is 0. The first-order chi connectivity index (χ1) is 8.86. The maximum Gasteiger partial charge on any atom is 0.125 e. The number of nitrogens with two attached hydrogens (primary N) is 1. The molecule has 1 unspecified atom stereocenters. The van der Waals surface area contributed by atoms with Crippen molar-refractivity contribution < 1.29 is 0 Å². The Bertz CT molecular complexity index is 598. The van der Waals surface area contributed by atoms with Crippen molar-refractivity contribution in [1.82, 2.24) is 20.4 Å². The van der Waals surface area contributed by atoms with Crippen LogP contribution < -0.4 is 11.3 Å². The molecule has 0 bridgehead atoms. The lowest BCUT2D eigenvalue weighted by molar-refractivity contribution is 0.527. The molecule has 3 aromatic rings. The van der Waals surface area contributed by atoms with Gasteiger partial charge >= 0.3 is 0 Å². The number of nitrogens with one attached hydrogen (secondary N) is 2. The van der Waals surface area contributed by atoms with Gasteiger partial charge in [-0.05, 0) is 12.1 Å². The summed E-state index contributed by atoms with van der Waals surface area (Å²) in [6.45, 7) is 0. The van der Waals surface area contributed by atoms with E-state index in [9.17, 15) is 0 Å². The topological polar surface area (TPSA) is 79.6 Å². The molecule has 2 heterocycles. The SMILES string of the molecule is NNC(Cc1nc2ccccc2s1)c1ncc[nH]1. The van der Waals surface area contributed by atoms with Gasteiger partial charge in [0, 0.05) is 18.8 Å². The minimum absolute atomic E-state index is 0.0411. The minimum atomic E-state index is -0.0411. The van der Waals surface area contributed by atoms with E-state index in [4.69, 9.17) is 5.84 Å². The van der Waals surface area contributed by atoms with E-state index < -0.39 is 0 Å². The third-order valence-electron chi connectivity index (χ3n) is 2.77. The van der Waals surface area contributed by atoms with E-state index in [1.165, 1.54) is 4.70 Å². The van der Waals surface area contributed by atoms with E-state index >= 15 is 0 Å². The van der Waals surface area contributed by atoms with Crippen molar-refractivity contribution in [2.45, 2.75) is 12.5 Å². The average Bonchev–Trinajstić information content (AvgIpc) is 3.04. The minimum Gasteiger partial charge on any atom is -0.347 e. The van der Waals surface area contributed by atoms with Crippen LogP contribution in [0.2, 0.25) is 0 Å². The molecule has 92 valence electrons. The van der Waals surface area contributed by atoms with Crippen LogP contribution >= 0.6 is 11.3 Å². The molecule has 0 amide bonds. The lowest BCUT2D eigenvalue weighted by Crippen LogP contribution is -2.30. The van der Waals surface area contributed by atoms with Crippen LogP contribution in [0.5, 0.6) is 0 Å². The Morgan fingerprint density at radius 2 is 2.28 bits per heavy atom. The van der Waals surface area contributed by atoms with Gasteiger partial charge in [-0.1, -0.05) is 12.1 Å². The van der Waals surface area contributed by atoms with E-state index in [0.717, 1.165) is 22.8 Å². The Morgan fingerprint density at radius 1 is 1.39 bits per heavy atom. The number of thiazole rings is 1. The van der Waals surface area contributed by atoms with Crippen molar-refractivity contribution in [3.05, 3.63) is 47.5 Å². The highest BCUT2D eigenvalue weighted by atomic mass is 32.1. The molecule has 3 rings (SSSR count). The van der Waals surface area contributed by atoms with Gasteiger partial charge in [0.1, 0.15) is 5.82 Å². The number of aromatic nitrogens is 3. The van der Waals surface area contributed by atoms with Crippen LogP contribution in [-0.4, -0.2) is 15.0 Å². The third kappa shape index (κ3) is 2.13. The number of fused-ring (bicyclic) bond motifs is 1. The largest absolute Gasteiger partial charge is 0.347 e. The van der Waals surface area contributed by atoms with Crippen molar-refractivity contribution in [2.24, 2.45) is 5.84 Å². The van der Waals surface area contributed by atoms with Crippen molar-refractivity contribution in [1.29, 1.82) is 0 Å². The first-order valence-electron chi connectivity index (χ1n) is 5.66. The summed E-state index contributed by atoms with van der Waals surface area (Å²) >= 11 is 1.69. The highest BCUT2D eigenvalue weighted by Gasteiger charge is 2.15. The van der Waals surface area contributed by atoms with Gasteiger partial charge in [0.2, 0.25) is 0 Å². The Labute approximate surface area is 108 Å². The molecule has 2 aromatic heterocycles. The second kappa shape index (κ2) is 4.85. The zero-order valence-corrected chi connectivity index (χ0v) is 10.4. The predicted molar refractivity (Wildman–Crippen MR) is 72.0 cm³/mol. The fourth-order valence-corrected chi connectivity index (χ4v) is 2.90. The molecule has 0 fully saturated rings. The van der Waals surface area contributed by atoms with Crippen molar-refractivity contribution in [2.75, 3.05) is 0 Å². The molecule has 1 atom stereocenters. The van der Waals surface area contributed by atoms with Gasteiger partial charge in [-0.25, -0.2) is 15.4 Å². The van der Waals surface area contributed by atoms with Gasteiger partial charge in [0.15, 0.2) is 0 Å². The highest BCUT2D eigenvalue weighted by Crippen LogP contribution is 2.24. The number of benzene rings is 1. The van der Waals surface area contributed by atoms with Crippen LogP contribution in [0.4, 0.5) is 0 Å². The molecular weight excluding hydrogens is 246 g/mol. The fraction of sp³-hybridized carbons (Fsp3) is 0.167. The number of H-pyrrole nitrogens is 1. The van der Waals surface area contributed by atoms with Crippen molar-refractivity contribution in [3.8, 4) is 0 Å². The maximum atomic E-state index is 5.57. The lowest BCUT2D eigenvalue weighted by atomic mass is 10.2. The molecule has 0 radical (unpaired) electrons. The lowest BCUT2D eigenvalue weighted by Gasteiger charge is -2.10. The molecule has 0 saturated carbocycles. The second-order valence-corrected chi connectivity index (χ2v) is 5.09. The predicted octanol–water partition coefficient (Wildman–Crippen LogP) is 1.77. The standard InChI is InChI=1S/C12H13N5S/c13-17-9(12-14-5-6-15-12)7-11-16-8-3-1-2-4-10(8)18-11/h1-6,9,17H,7,13H2,(H,14,15). The number of hydrogen-bond donors (Lipinski definition) is 3. The summed E-state index contributed by atoms with van der Waals surface area (Å²) in [5, 5.41) is 1.05. The van der Waals surface area contributed by atoms with Crippen molar-refractivity contribution >= 4 is 21.6 Å². The molecule has 0 aliphatic heterocycles. The summed E-state index contributed by atoms with van der Waals surface area (Å²) in [4.78, 5) is 11.9. The van der Waals surface area contributed by atoms with Gasteiger partial charge in [0.25, 0.3) is 0 Å². The van der Waals surface area contributed by atoms with Gasteiger partial charge in [-0.2, -0.15) is 0 Å². The number of rotatable bonds is 4. The number of para-hydroxylation sites is 1. The Morgan fingerprint density at radius 3 is 3.00 bits per heavy atom. The average molecular weight is 259 g/mol. The normalized spacial score (nSPS) is 12.9. The Balaban J connectivity index is 1.86. The van der Waals surface area contributed by atoms with Gasteiger partial charge < -0.3 is 4.98 Å². The molecule has 6 heteroatoms. The molecule has 4 N–H and O–H groups in total. The first-order valence-corrected chi connectivity index (χ1v) is 6.48. The molecular formula is C12H13N5S. The smallest absolute Gasteiger partial charge is 0.125 e. The quantitative estimate of drug-likeness (QED) is 0.493. The maximum absolute atomic E-state index is 5.57. The van der Waals surface area contributed by atoms with E-state index in [0.29, 0.717) is 0 Å². The summed E-state index contributed by atoms with van der Waals surface area (Å²) in [6.07, 6.45) is 4.24. The van der Waals surface area contributed by atoms with Crippen molar-refractivity contribution in [3.63, 3.8) is 0 Å². The Kier molecular flexibility index (Phi) is 3.06. The van der Waals surface area contributed by atoms with Crippen LogP contribution in [-0.2, 0) is 6.42 Å². The van der Waals surface area contributed by atoms with Gasteiger partial charge in [-0.15, -0.1) is 11.3 Å². The number of hydrazine groups is 1. The van der Waals surface area contributed by atoms with Gasteiger partial charge in [-0.3, -0.25) is 5.84 Å². The van der Waals surface area contributed by atoms with Crippen LogP contribution in [0.1, 0.15) is 16.9 Å². The zero-order chi connectivity index (χ0) is 12.4. The van der Waals surface area contributed by atoms with Gasteiger partial charge in [0.05, 0.1) is 21.3 Å². The second-order valence-electron chi connectivity index (χ2n) is 3.97. The Hall–Kier alpha value is -1.76.